The van der Waals surface area contributed by atoms with Gasteiger partial charge in [0.1, 0.15) is 5.82 Å². The summed E-state index contributed by atoms with van der Waals surface area (Å²) in [7, 11) is 0. The van der Waals surface area contributed by atoms with Crippen LogP contribution < -0.4 is 4.90 Å². The zero-order valence-electron chi connectivity index (χ0n) is 17.0. The van der Waals surface area contributed by atoms with Crippen LogP contribution in [0.4, 0.5) is 5.82 Å². The van der Waals surface area contributed by atoms with Gasteiger partial charge in [-0.3, -0.25) is 4.79 Å². The zero-order chi connectivity index (χ0) is 20.4. The first-order chi connectivity index (χ1) is 14.0. The van der Waals surface area contributed by atoms with E-state index in [1.807, 2.05) is 11.0 Å². The van der Waals surface area contributed by atoms with Gasteiger partial charge in [-0.15, -0.1) is 11.3 Å². The molecule has 0 aromatic carbocycles. The number of ether oxygens (including phenoxy) is 1. The summed E-state index contributed by atoms with van der Waals surface area (Å²) in [5, 5.41) is 0. The van der Waals surface area contributed by atoms with Gasteiger partial charge in [-0.25, -0.2) is 9.78 Å². The molecule has 1 aliphatic heterocycles. The van der Waals surface area contributed by atoms with Gasteiger partial charge < -0.3 is 14.5 Å². The standard InChI is InChI=1S/C22H27N3O3S/c1-3-28-22(27)16-5-7-20(23-14-16)24-8-10-25(11-9-24)21(26)19-13-17-12-15(2)4-6-18(17)29-19/h5,7,13-15H,3-4,6,8-12H2,1-2H3. The zero-order valence-corrected chi connectivity index (χ0v) is 17.8. The fraction of sp³-hybridized carbons (Fsp3) is 0.500. The highest BCUT2D eigenvalue weighted by molar-refractivity contribution is 7.14. The second-order valence-electron chi connectivity index (χ2n) is 7.81. The second-order valence-corrected chi connectivity index (χ2v) is 8.95. The van der Waals surface area contributed by atoms with Gasteiger partial charge in [-0.05, 0) is 55.9 Å². The topological polar surface area (TPSA) is 62.7 Å². The van der Waals surface area contributed by atoms with Crippen molar-refractivity contribution in [2.75, 3.05) is 37.7 Å². The quantitative estimate of drug-likeness (QED) is 0.719. The minimum Gasteiger partial charge on any atom is -0.462 e. The summed E-state index contributed by atoms with van der Waals surface area (Å²) in [5.41, 5.74) is 1.84. The predicted molar refractivity (Wildman–Crippen MR) is 114 cm³/mol. The van der Waals surface area contributed by atoms with E-state index in [2.05, 4.69) is 22.9 Å². The highest BCUT2D eigenvalue weighted by Crippen LogP contribution is 2.33. The molecular formula is C22H27N3O3S. The molecule has 0 saturated carbocycles. The second kappa shape index (κ2) is 8.53. The lowest BCUT2D eigenvalue weighted by Gasteiger charge is -2.35. The number of aryl methyl sites for hydroxylation is 1. The third kappa shape index (κ3) is 4.29. The van der Waals surface area contributed by atoms with Crippen molar-refractivity contribution in [3.05, 3.63) is 45.3 Å². The van der Waals surface area contributed by atoms with Gasteiger partial charge in [0.2, 0.25) is 0 Å². The van der Waals surface area contributed by atoms with Crippen molar-refractivity contribution in [3.8, 4) is 0 Å². The molecule has 1 amide bonds. The predicted octanol–water partition coefficient (Wildman–Crippen LogP) is 3.41. The minimum atomic E-state index is -0.352. The van der Waals surface area contributed by atoms with E-state index in [-0.39, 0.29) is 11.9 Å². The van der Waals surface area contributed by atoms with Gasteiger partial charge in [0.05, 0.1) is 17.0 Å². The fourth-order valence-electron chi connectivity index (χ4n) is 4.01. The van der Waals surface area contributed by atoms with Crippen molar-refractivity contribution in [1.82, 2.24) is 9.88 Å². The number of esters is 1. The lowest BCUT2D eigenvalue weighted by atomic mass is 9.90. The number of aromatic nitrogens is 1. The summed E-state index contributed by atoms with van der Waals surface area (Å²) < 4.78 is 5.00. The van der Waals surface area contributed by atoms with Crippen LogP contribution in [0.5, 0.6) is 0 Å². The Labute approximate surface area is 175 Å². The summed E-state index contributed by atoms with van der Waals surface area (Å²) in [6.45, 7) is 7.25. The van der Waals surface area contributed by atoms with E-state index in [1.54, 1.807) is 30.5 Å². The van der Waals surface area contributed by atoms with Crippen LogP contribution in [0.3, 0.4) is 0 Å². The van der Waals surface area contributed by atoms with Crippen molar-refractivity contribution < 1.29 is 14.3 Å². The molecule has 7 heteroatoms. The molecule has 0 bridgehead atoms. The number of hydrogen-bond donors (Lipinski definition) is 0. The number of thiophene rings is 1. The van der Waals surface area contributed by atoms with E-state index in [0.29, 0.717) is 31.2 Å². The molecule has 29 heavy (non-hydrogen) atoms. The molecule has 1 fully saturated rings. The number of anilines is 1. The summed E-state index contributed by atoms with van der Waals surface area (Å²) in [5.74, 6) is 1.34. The molecule has 1 saturated heterocycles. The summed E-state index contributed by atoms with van der Waals surface area (Å²) in [4.78, 5) is 35.5. The Morgan fingerprint density at radius 1 is 1.24 bits per heavy atom. The maximum atomic E-state index is 13.0. The van der Waals surface area contributed by atoms with Gasteiger partial charge >= 0.3 is 5.97 Å². The maximum Gasteiger partial charge on any atom is 0.339 e. The lowest BCUT2D eigenvalue weighted by Crippen LogP contribution is -2.48. The molecule has 154 valence electrons. The normalized spacial score (nSPS) is 19.0. The number of rotatable bonds is 4. The fourth-order valence-corrected chi connectivity index (χ4v) is 5.19. The lowest BCUT2D eigenvalue weighted by molar-refractivity contribution is 0.0525. The monoisotopic (exact) mass is 413 g/mol. The van der Waals surface area contributed by atoms with E-state index in [9.17, 15) is 9.59 Å². The molecule has 0 N–H and O–H groups in total. The molecule has 2 aliphatic rings. The first-order valence-electron chi connectivity index (χ1n) is 10.3. The first-order valence-corrected chi connectivity index (χ1v) is 11.2. The Morgan fingerprint density at radius 2 is 2.03 bits per heavy atom. The largest absolute Gasteiger partial charge is 0.462 e. The number of pyridine rings is 1. The van der Waals surface area contributed by atoms with Crippen LogP contribution in [-0.4, -0.2) is 54.5 Å². The average molecular weight is 414 g/mol. The van der Waals surface area contributed by atoms with Crippen LogP contribution in [-0.2, 0) is 17.6 Å². The first kappa shape index (κ1) is 19.9. The van der Waals surface area contributed by atoms with Crippen molar-refractivity contribution in [1.29, 1.82) is 0 Å². The van der Waals surface area contributed by atoms with Crippen molar-refractivity contribution in [3.63, 3.8) is 0 Å². The van der Waals surface area contributed by atoms with Gasteiger partial charge in [-0.2, -0.15) is 0 Å². The molecule has 2 aromatic rings. The van der Waals surface area contributed by atoms with E-state index in [1.165, 1.54) is 16.9 Å². The maximum absolute atomic E-state index is 13.0. The number of piperazine rings is 1. The molecule has 0 radical (unpaired) electrons. The van der Waals surface area contributed by atoms with Gasteiger partial charge in [0, 0.05) is 37.3 Å². The van der Waals surface area contributed by atoms with Crippen molar-refractivity contribution in [2.24, 2.45) is 5.92 Å². The van der Waals surface area contributed by atoms with Crippen LogP contribution in [0, 0.1) is 5.92 Å². The van der Waals surface area contributed by atoms with Crippen LogP contribution in [0.25, 0.3) is 0 Å². The summed E-state index contributed by atoms with van der Waals surface area (Å²) in [6.07, 6.45) is 4.99. The Bertz CT molecular complexity index is 885. The average Bonchev–Trinajstić information content (AvgIpc) is 3.17. The highest BCUT2D eigenvalue weighted by Gasteiger charge is 2.26. The molecule has 6 nitrogen and oxygen atoms in total. The number of carbonyl (C=O) groups excluding carboxylic acids is 2. The van der Waals surface area contributed by atoms with Gasteiger partial charge in [0.25, 0.3) is 5.91 Å². The number of fused-ring (bicyclic) bond motifs is 1. The Kier molecular flexibility index (Phi) is 5.85. The Balaban J connectivity index is 1.36. The van der Waals surface area contributed by atoms with Crippen LogP contribution >= 0.6 is 11.3 Å². The minimum absolute atomic E-state index is 0.155. The molecule has 1 atom stereocenters. The molecular weight excluding hydrogens is 386 g/mol. The smallest absolute Gasteiger partial charge is 0.339 e. The van der Waals surface area contributed by atoms with Crippen LogP contribution in [0.1, 0.15) is 50.7 Å². The SMILES string of the molecule is CCOC(=O)c1ccc(N2CCN(C(=O)c3cc4c(s3)CCC(C)C4)CC2)nc1. The highest BCUT2D eigenvalue weighted by atomic mass is 32.1. The Hall–Kier alpha value is -2.41. The number of carbonyl (C=O) groups is 2. The number of amides is 1. The van der Waals surface area contributed by atoms with Crippen molar-refractivity contribution in [2.45, 2.75) is 33.1 Å². The third-order valence-corrected chi connectivity index (χ3v) is 6.91. The van der Waals surface area contributed by atoms with Crippen LogP contribution in [0.15, 0.2) is 24.4 Å². The van der Waals surface area contributed by atoms with Crippen LogP contribution in [0.2, 0.25) is 0 Å². The molecule has 3 heterocycles. The summed E-state index contributed by atoms with van der Waals surface area (Å²) in [6, 6.07) is 5.72. The third-order valence-electron chi connectivity index (χ3n) is 5.69. The number of nitrogens with zero attached hydrogens (tertiary/aromatic N) is 3. The number of hydrogen-bond acceptors (Lipinski definition) is 6. The van der Waals surface area contributed by atoms with E-state index < -0.39 is 0 Å². The summed E-state index contributed by atoms with van der Waals surface area (Å²) >= 11 is 1.68. The van der Waals surface area contributed by atoms with Gasteiger partial charge in [0.15, 0.2) is 0 Å². The molecule has 0 spiro atoms. The molecule has 2 aromatic heterocycles. The Morgan fingerprint density at radius 3 is 2.72 bits per heavy atom. The molecule has 4 rings (SSSR count). The molecule has 1 unspecified atom stereocenters. The van der Waals surface area contributed by atoms with E-state index >= 15 is 0 Å². The molecule has 1 aliphatic carbocycles. The van der Waals surface area contributed by atoms with Crippen molar-refractivity contribution >= 4 is 29.0 Å². The van der Waals surface area contributed by atoms with E-state index in [4.69, 9.17) is 4.74 Å². The van der Waals surface area contributed by atoms with E-state index in [0.717, 1.165) is 36.6 Å². The van der Waals surface area contributed by atoms with Gasteiger partial charge in [-0.1, -0.05) is 6.92 Å².